The molecule has 0 amide bonds. The molecule has 1 atom stereocenters. The lowest BCUT2D eigenvalue weighted by atomic mass is 9.68. The van der Waals surface area contributed by atoms with E-state index in [-0.39, 0.29) is 5.60 Å². The van der Waals surface area contributed by atoms with Gasteiger partial charge in [0, 0.05) is 19.1 Å². The third kappa shape index (κ3) is 3.93. The van der Waals surface area contributed by atoms with E-state index in [1.54, 1.807) is 0 Å². The summed E-state index contributed by atoms with van der Waals surface area (Å²) in [6.45, 7) is 10.3. The highest BCUT2D eigenvalue weighted by atomic mass is 16.5. The van der Waals surface area contributed by atoms with Gasteiger partial charge in [-0.25, -0.2) is 0 Å². The highest BCUT2D eigenvalue weighted by molar-refractivity contribution is 4.91. The van der Waals surface area contributed by atoms with Gasteiger partial charge in [0.2, 0.25) is 0 Å². The van der Waals surface area contributed by atoms with Crippen LogP contribution in [0.3, 0.4) is 0 Å². The zero-order chi connectivity index (χ0) is 13.9. The van der Waals surface area contributed by atoms with Gasteiger partial charge in [0.05, 0.1) is 18.8 Å². The molecule has 0 bridgehead atoms. The Morgan fingerprint density at radius 2 is 1.89 bits per heavy atom. The monoisotopic (exact) mass is 269 g/mol. The predicted octanol–water partition coefficient (Wildman–Crippen LogP) is 2.97. The summed E-state index contributed by atoms with van der Waals surface area (Å²) in [6, 6.07) is 0. The van der Waals surface area contributed by atoms with Crippen LogP contribution < -0.4 is 5.73 Å². The van der Waals surface area contributed by atoms with Crippen molar-refractivity contribution in [3.05, 3.63) is 0 Å². The molecule has 0 radical (unpaired) electrons. The quantitative estimate of drug-likeness (QED) is 0.853. The van der Waals surface area contributed by atoms with Gasteiger partial charge in [-0.15, -0.1) is 0 Å². The van der Waals surface area contributed by atoms with Crippen LogP contribution in [0.5, 0.6) is 0 Å². The molecule has 0 aromatic rings. The Labute approximate surface area is 118 Å². The number of hydrogen-bond acceptors (Lipinski definition) is 3. The summed E-state index contributed by atoms with van der Waals surface area (Å²) in [7, 11) is 0. The van der Waals surface area contributed by atoms with Crippen LogP contribution in [-0.2, 0) is 9.47 Å². The summed E-state index contributed by atoms with van der Waals surface area (Å²) in [4.78, 5) is 0. The van der Waals surface area contributed by atoms with Crippen LogP contribution in [0.2, 0.25) is 0 Å². The van der Waals surface area contributed by atoms with Crippen LogP contribution in [0, 0.1) is 17.3 Å². The summed E-state index contributed by atoms with van der Waals surface area (Å²) in [5.74, 6) is 1.40. The average Bonchev–Trinajstić information content (AvgIpc) is 2.89. The average molecular weight is 269 g/mol. The molecule has 2 N–H and O–H groups in total. The minimum Gasteiger partial charge on any atom is -0.381 e. The molecule has 0 spiro atoms. The summed E-state index contributed by atoms with van der Waals surface area (Å²) in [6.07, 6.45) is 5.90. The molecule has 1 aliphatic carbocycles. The second-order valence-corrected chi connectivity index (χ2v) is 7.57. The van der Waals surface area contributed by atoms with Gasteiger partial charge in [0.15, 0.2) is 0 Å². The Bertz CT molecular complexity index is 271. The van der Waals surface area contributed by atoms with E-state index in [2.05, 4.69) is 20.8 Å². The Hall–Kier alpha value is -0.120. The van der Waals surface area contributed by atoms with Crippen LogP contribution in [0.25, 0.3) is 0 Å². The van der Waals surface area contributed by atoms with Crippen molar-refractivity contribution in [3.8, 4) is 0 Å². The molecule has 1 unspecified atom stereocenters. The summed E-state index contributed by atoms with van der Waals surface area (Å²) >= 11 is 0. The third-order valence-corrected chi connectivity index (χ3v) is 5.14. The number of ether oxygens (including phenoxy) is 2. The van der Waals surface area contributed by atoms with Gasteiger partial charge in [-0.1, -0.05) is 20.8 Å². The van der Waals surface area contributed by atoms with E-state index in [1.807, 2.05) is 0 Å². The minimum atomic E-state index is -0.0512. The molecule has 1 aliphatic heterocycles. The fourth-order valence-corrected chi connectivity index (χ4v) is 3.43. The second kappa shape index (κ2) is 6.11. The standard InChI is InChI=1S/C16H31NO2/c1-15(2,3)14-4-7-16(12-17,8-5-14)19-11-13-6-9-18-10-13/h13-14H,4-12,17H2,1-3H3. The van der Waals surface area contributed by atoms with Crippen LogP contribution in [0.1, 0.15) is 52.9 Å². The normalized spacial score (nSPS) is 36.6. The van der Waals surface area contributed by atoms with Crippen molar-refractivity contribution in [2.45, 2.75) is 58.5 Å². The largest absolute Gasteiger partial charge is 0.381 e. The maximum Gasteiger partial charge on any atom is 0.0804 e. The van der Waals surface area contributed by atoms with Crippen molar-refractivity contribution < 1.29 is 9.47 Å². The number of nitrogens with two attached hydrogens (primary N) is 1. The SMILES string of the molecule is CC(C)(C)C1CCC(CN)(OCC2CCOC2)CC1. The maximum atomic E-state index is 6.26. The van der Waals surface area contributed by atoms with Gasteiger partial charge < -0.3 is 15.2 Å². The van der Waals surface area contributed by atoms with E-state index < -0.39 is 0 Å². The first kappa shape index (κ1) is 15.3. The fourth-order valence-electron chi connectivity index (χ4n) is 3.43. The van der Waals surface area contributed by atoms with Crippen LogP contribution in [0.4, 0.5) is 0 Å². The molecule has 19 heavy (non-hydrogen) atoms. The number of hydrogen-bond donors (Lipinski definition) is 1. The molecule has 112 valence electrons. The first-order valence-corrected chi connectivity index (χ1v) is 7.87. The van der Waals surface area contributed by atoms with Crippen LogP contribution >= 0.6 is 0 Å². The minimum absolute atomic E-state index is 0.0512. The van der Waals surface area contributed by atoms with E-state index in [0.29, 0.717) is 17.9 Å². The Balaban J connectivity index is 1.83. The molecule has 0 aromatic heterocycles. The van der Waals surface area contributed by atoms with E-state index in [9.17, 15) is 0 Å². The molecular weight excluding hydrogens is 238 g/mol. The van der Waals surface area contributed by atoms with E-state index in [4.69, 9.17) is 15.2 Å². The Morgan fingerprint density at radius 3 is 2.37 bits per heavy atom. The van der Waals surface area contributed by atoms with Gasteiger partial charge in [0.25, 0.3) is 0 Å². The lowest BCUT2D eigenvalue weighted by Gasteiger charge is -2.43. The zero-order valence-corrected chi connectivity index (χ0v) is 12.9. The second-order valence-electron chi connectivity index (χ2n) is 7.57. The lowest BCUT2D eigenvalue weighted by molar-refractivity contribution is -0.0914. The van der Waals surface area contributed by atoms with E-state index >= 15 is 0 Å². The fraction of sp³-hybridized carbons (Fsp3) is 1.00. The van der Waals surface area contributed by atoms with Gasteiger partial charge in [-0.2, -0.15) is 0 Å². The molecule has 3 nitrogen and oxygen atoms in total. The zero-order valence-electron chi connectivity index (χ0n) is 12.9. The summed E-state index contributed by atoms with van der Waals surface area (Å²) in [5.41, 5.74) is 6.39. The molecule has 3 heteroatoms. The van der Waals surface area contributed by atoms with Crippen molar-refractivity contribution >= 4 is 0 Å². The number of rotatable bonds is 4. The van der Waals surface area contributed by atoms with Crippen molar-refractivity contribution in [2.75, 3.05) is 26.4 Å². The molecule has 2 fully saturated rings. The predicted molar refractivity (Wildman–Crippen MR) is 78.1 cm³/mol. The Kier molecular flexibility index (Phi) is 4.91. The van der Waals surface area contributed by atoms with Gasteiger partial charge in [0.1, 0.15) is 0 Å². The lowest BCUT2D eigenvalue weighted by Crippen LogP contribution is -2.46. The Morgan fingerprint density at radius 1 is 1.21 bits per heavy atom. The summed E-state index contributed by atoms with van der Waals surface area (Å²) in [5, 5.41) is 0. The highest BCUT2D eigenvalue weighted by Gasteiger charge is 2.39. The molecule has 1 saturated heterocycles. The van der Waals surface area contributed by atoms with E-state index in [1.165, 1.54) is 12.8 Å². The van der Waals surface area contributed by atoms with Gasteiger partial charge >= 0.3 is 0 Å². The topological polar surface area (TPSA) is 44.5 Å². The van der Waals surface area contributed by atoms with Crippen molar-refractivity contribution in [2.24, 2.45) is 23.0 Å². The van der Waals surface area contributed by atoms with Gasteiger partial charge in [-0.3, -0.25) is 0 Å². The van der Waals surface area contributed by atoms with E-state index in [0.717, 1.165) is 45.0 Å². The van der Waals surface area contributed by atoms with Gasteiger partial charge in [-0.05, 0) is 43.4 Å². The van der Waals surface area contributed by atoms with Crippen LogP contribution in [0.15, 0.2) is 0 Å². The molecule has 2 rings (SSSR count). The van der Waals surface area contributed by atoms with Crippen LogP contribution in [-0.4, -0.2) is 32.0 Å². The molecule has 1 heterocycles. The third-order valence-electron chi connectivity index (χ3n) is 5.14. The maximum absolute atomic E-state index is 6.26. The highest BCUT2D eigenvalue weighted by Crippen LogP contribution is 2.42. The smallest absolute Gasteiger partial charge is 0.0804 e. The first-order chi connectivity index (χ1) is 8.95. The summed E-state index contributed by atoms with van der Waals surface area (Å²) < 4.78 is 11.7. The molecule has 1 saturated carbocycles. The first-order valence-electron chi connectivity index (χ1n) is 7.87. The van der Waals surface area contributed by atoms with Crippen molar-refractivity contribution in [1.82, 2.24) is 0 Å². The molecular formula is C16H31NO2. The van der Waals surface area contributed by atoms with Crippen molar-refractivity contribution in [1.29, 1.82) is 0 Å². The molecule has 0 aromatic carbocycles. The molecule has 2 aliphatic rings. The van der Waals surface area contributed by atoms with Crippen molar-refractivity contribution in [3.63, 3.8) is 0 Å².